The summed E-state index contributed by atoms with van der Waals surface area (Å²) in [5.41, 5.74) is 8.01. The topological polar surface area (TPSA) is 56.2 Å². The number of hydrogen-bond donors (Lipinski definition) is 1. The van der Waals surface area contributed by atoms with Gasteiger partial charge < -0.3 is 5.73 Å². The molecule has 2 heterocycles. The first-order valence-electron chi connectivity index (χ1n) is 5.44. The first-order chi connectivity index (χ1) is 7.36. The smallest absolute Gasteiger partial charge is 0.151 e. The molecule has 4 heteroatoms. The highest BCUT2D eigenvalue weighted by molar-refractivity contribution is 5.65. The van der Waals surface area contributed by atoms with Gasteiger partial charge in [0, 0.05) is 11.6 Å². The molecule has 0 radical (unpaired) electrons. The third-order valence-corrected chi connectivity index (χ3v) is 3.28. The average Bonchev–Trinajstić information content (AvgIpc) is 2.85. The third kappa shape index (κ3) is 1.28. The second-order valence-electron chi connectivity index (χ2n) is 4.18. The number of rotatable bonds is 1. The van der Waals surface area contributed by atoms with Gasteiger partial charge in [-0.2, -0.15) is 5.10 Å². The number of anilines is 1. The number of fused-ring (bicyclic) bond motifs is 1. The van der Waals surface area contributed by atoms with Crippen LogP contribution in [0.1, 0.15) is 37.3 Å². The van der Waals surface area contributed by atoms with Crippen LogP contribution in [0.15, 0.2) is 18.5 Å². The van der Waals surface area contributed by atoms with E-state index < -0.39 is 0 Å². The van der Waals surface area contributed by atoms with E-state index in [9.17, 15) is 0 Å². The predicted octanol–water partition coefficient (Wildman–Crippen LogP) is 1.97. The van der Waals surface area contributed by atoms with Gasteiger partial charge in [-0.15, -0.1) is 0 Å². The molecule has 1 aliphatic carbocycles. The van der Waals surface area contributed by atoms with Gasteiger partial charge in [-0.1, -0.05) is 12.8 Å². The van der Waals surface area contributed by atoms with Crippen LogP contribution in [0.4, 0.5) is 5.82 Å². The summed E-state index contributed by atoms with van der Waals surface area (Å²) in [5.74, 6) is 1.22. The fourth-order valence-electron chi connectivity index (χ4n) is 2.50. The molecule has 0 amide bonds. The number of nitrogen functional groups attached to an aromatic ring is 1. The van der Waals surface area contributed by atoms with Crippen molar-refractivity contribution >= 4 is 11.3 Å². The van der Waals surface area contributed by atoms with Crippen molar-refractivity contribution in [3.05, 3.63) is 24.2 Å². The standard InChI is InChI=1S/C11H14N4/c12-11-10-6-5-9(8-3-1-2-4-8)15(10)14-7-13-11/h5-8H,1-4H2,(H2,12,13,14). The maximum absolute atomic E-state index is 5.80. The quantitative estimate of drug-likeness (QED) is 0.769. The van der Waals surface area contributed by atoms with Gasteiger partial charge >= 0.3 is 0 Å². The van der Waals surface area contributed by atoms with Crippen molar-refractivity contribution in [1.82, 2.24) is 14.6 Å². The lowest BCUT2D eigenvalue weighted by Crippen LogP contribution is -2.04. The molecule has 0 saturated heterocycles. The molecule has 0 aromatic carbocycles. The zero-order chi connectivity index (χ0) is 10.3. The lowest BCUT2D eigenvalue weighted by molar-refractivity contribution is 0.665. The minimum absolute atomic E-state index is 0.564. The molecule has 2 N–H and O–H groups in total. The summed E-state index contributed by atoms with van der Waals surface area (Å²) in [7, 11) is 0. The Hall–Kier alpha value is -1.58. The third-order valence-electron chi connectivity index (χ3n) is 3.28. The number of nitrogens with zero attached hydrogens (tertiary/aromatic N) is 3. The highest BCUT2D eigenvalue weighted by Gasteiger charge is 2.20. The monoisotopic (exact) mass is 202 g/mol. The zero-order valence-corrected chi connectivity index (χ0v) is 8.56. The summed E-state index contributed by atoms with van der Waals surface area (Å²) >= 11 is 0. The van der Waals surface area contributed by atoms with E-state index in [4.69, 9.17) is 5.73 Å². The highest BCUT2D eigenvalue weighted by atomic mass is 15.3. The molecule has 15 heavy (non-hydrogen) atoms. The van der Waals surface area contributed by atoms with E-state index in [2.05, 4.69) is 16.1 Å². The Balaban J connectivity index is 2.15. The molecule has 0 aliphatic heterocycles. The Morgan fingerprint density at radius 2 is 2.07 bits per heavy atom. The zero-order valence-electron chi connectivity index (χ0n) is 8.56. The fourth-order valence-corrected chi connectivity index (χ4v) is 2.50. The minimum atomic E-state index is 0.564. The van der Waals surface area contributed by atoms with Crippen LogP contribution in [0.25, 0.3) is 5.52 Å². The van der Waals surface area contributed by atoms with Gasteiger partial charge in [0.25, 0.3) is 0 Å². The van der Waals surface area contributed by atoms with Crippen molar-refractivity contribution < 1.29 is 0 Å². The Morgan fingerprint density at radius 3 is 2.87 bits per heavy atom. The van der Waals surface area contributed by atoms with Crippen molar-refractivity contribution in [2.45, 2.75) is 31.6 Å². The fraction of sp³-hybridized carbons (Fsp3) is 0.455. The van der Waals surface area contributed by atoms with E-state index in [0.29, 0.717) is 11.7 Å². The molecule has 3 rings (SSSR count). The second-order valence-corrected chi connectivity index (χ2v) is 4.18. The lowest BCUT2D eigenvalue weighted by Gasteiger charge is -2.08. The van der Waals surface area contributed by atoms with Crippen LogP contribution in [0, 0.1) is 0 Å². The van der Waals surface area contributed by atoms with E-state index in [0.717, 1.165) is 5.52 Å². The molecule has 2 aromatic heterocycles. The normalized spacial score (nSPS) is 17.6. The van der Waals surface area contributed by atoms with Crippen LogP contribution >= 0.6 is 0 Å². The van der Waals surface area contributed by atoms with Crippen molar-refractivity contribution in [1.29, 1.82) is 0 Å². The Labute approximate surface area is 88.1 Å². The van der Waals surface area contributed by atoms with Crippen LogP contribution in [0.5, 0.6) is 0 Å². The van der Waals surface area contributed by atoms with Gasteiger partial charge in [0.05, 0.1) is 0 Å². The Kier molecular flexibility index (Phi) is 1.87. The minimum Gasteiger partial charge on any atom is -0.382 e. The van der Waals surface area contributed by atoms with Crippen molar-refractivity contribution in [3.63, 3.8) is 0 Å². The van der Waals surface area contributed by atoms with Crippen molar-refractivity contribution in [3.8, 4) is 0 Å². The first kappa shape index (κ1) is 8.71. The largest absolute Gasteiger partial charge is 0.382 e. The van der Waals surface area contributed by atoms with E-state index in [1.807, 2.05) is 10.6 Å². The Morgan fingerprint density at radius 1 is 1.27 bits per heavy atom. The number of nitrogens with two attached hydrogens (primary N) is 1. The number of aromatic nitrogens is 3. The van der Waals surface area contributed by atoms with Gasteiger partial charge in [0.1, 0.15) is 11.8 Å². The van der Waals surface area contributed by atoms with Gasteiger partial charge in [-0.25, -0.2) is 9.50 Å². The summed E-state index contributed by atoms with van der Waals surface area (Å²) < 4.78 is 1.94. The molecular formula is C11H14N4. The molecule has 1 fully saturated rings. The van der Waals surface area contributed by atoms with Crippen LogP contribution in [0.3, 0.4) is 0 Å². The molecule has 78 valence electrons. The molecule has 1 aliphatic rings. The average molecular weight is 202 g/mol. The van der Waals surface area contributed by atoms with Crippen LogP contribution in [-0.2, 0) is 0 Å². The summed E-state index contributed by atoms with van der Waals surface area (Å²) in [4.78, 5) is 3.99. The van der Waals surface area contributed by atoms with Crippen LogP contribution in [0.2, 0.25) is 0 Å². The van der Waals surface area contributed by atoms with E-state index in [1.54, 1.807) is 0 Å². The van der Waals surface area contributed by atoms with Crippen molar-refractivity contribution in [2.24, 2.45) is 0 Å². The van der Waals surface area contributed by atoms with Crippen LogP contribution in [-0.4, -0.2) is 14.6 Å². The molecule has 0 atom stereocenters. The van der Waals surface area contributed by atoms with E-state index in [1.165, 1.54) is 37.7 Å². The summed E-state index contributed by atoms with van der Waals surface area (Å²) in [6.45, 7) is 0. The molecule has 2 aromatic rings. The SMILES string of the molecule is Nc1ncnn2c(C3CCCC3)ccc12. The number of hydrogen-bond acceptors (Lipinski definition) is 3. The molecule has 4 nitrogen and oxygen atoms in total. The molecule has 0 bridgehead atoms. The summed E-state index contributed by atoms with van der Waals surface area (Å²) in [6.07, 6.45) is 6.74. The molecule has 1 saturated carbocycles. The van der Waals surface area contributed by atoms with Gasteiger partial charge in [-0.3, -0.25) is 0 Å². The summed E-state index contributed by atoms with van der Waals surface area (Å²) in [6, 6.07) is 4.15. The summed E-state index contributed by atoms with van der Waals surface area (Å²) in [5, 5.41) is 4.27. The van der Waals surface area contributed by atoms with Gasteiger partial charge in [-0.05, 0) is 25.0 Å². The second kappa shape index (κ2) is 3.22. The first-order valence-corrected chi connectivity index (χ1v) is 5.44. The maximum Gasteiger partial charge on any atom is 0.151 e. The molecule has 0 unspecified atom stereocenters. The Bertz CT molecular complexity index is 482. The maximum atomic E-state index is 5.80. The van der Waals surface area contributed by atoms with E-state index in [-0.39, 0.29) is 0 Å². The van der Waals surface area contributed by atoms with Gasteiger partial charge in [0.15, 0.2) is 5.82 Å². The van der Waals surface area contributed by atoms with Crippen molar-refractivity contribution in [2.75, 3.05) is 5.73 Å². The highest BCUT2D eigenvalue weighted by Crippen LogP contribution is 2.34. The predicted molar refractivity (Wildman–Crippen MR) is 58.6 cm³/mol. The van der Waals surface area contributed by atoms with Crippen LogP contribution < -0.4 is 5.73 Å². The lowest BCUT2D eigenvalue weighted by atomic mass is 10.1. The van der Waals surface area contributed by atoms with Gasteiger partial charge in [0.2, 0.25) is 0 Å². The molecule has 0 spiro atoms. The molecular weight excluding hydrogens is 188 g/mol. The van der Waals surface area contributed by atoms with E-state index >= 15 is 0 Å².